The van der Waals surface area contributed by atoms with Crippen LogP contribution in [0.1, 0.15) is 46.2 Å². The molecule has 2 rings (SSSR count). The minimum absolute atomic E-state index is 0.0173. The zero-order valence-corrected chi connectivity index (χ0v) is 18.3. The summed E-state index contributed by atoms with van der Waals surface area (Å²) in [4.78, 5) is 20.5. The van der Waals surface area contributed by atoms with Gasteiger partial charge in [0.05, 0.1) is 0 Å². The van der Waals surface area contributed by atoms with Gasteiger partial charge in [-0.15, -0.1) is 0 Å². The molecule has 168 valence electrons. The third kappa shape index (κ3) is 6.25. The lowest BCUT2D eigenvalue weighted by atomic mass is 9.99. The summed E-state index contributed by atoms with van der Waals surface area (Å²) >= 11 is 0. The van der Waals surface area contributed by atoms with E-state index in [9.17, 15) is 17.8 Å². The van der Waals surface area contributed by atoms with E-state index in [-0.39, 0.29) is 24.0 Å². The van der Waals surface area contributed by atoms with Gasteiger partial charge in [0.15, 0.2) is 5.96 Å². The lowest BCUT2D eigenvalue weighted by Gasteiger charge is -2.32. The number of pyridine rings is 1. The second-order valence-electron chi connectivity index (χ2n) is 7.93. The number of ether oxygens (including phenoxy) is 1. The van der Waals surface area contributed by atoms with Crippen molar-refractivity contribution in [2.75, 3.05) is 25.5 Å². The second-order valence-corrected chi connectivity index (χ2v) is 9.09. The molecule has 3 N–H and O–H groups in total. The van der Waals surface area contributed by atoms with E-state index in [0.29, 0.717) is 19.4 Å². The van der Waals surface area contributed by atoms with Gasteiger partial charge in [-0.05, 0) is 52.7 Å². The molecule has 1 atom stereocenters. The number of rotatable bonds is 3. The molecule has 0 saturated heterocycles. The minimum atomic E-state index is -1.87. The Balaban J connectivity index is 2.54. The SMILES string of the molecule is CC(C)(C)OC(=O)NC(=N[C@](C)(CF)c1nc(N)ccc1F)N1CCCCN=[S-]1=O. The van der Waals surface area contributed by atoms with Crippen LogP contribution in [-0.2, 0) is 25.3 Å². The number of anilines is 1. The summed E-state index contributed by atoms with van der Waals surface area (Å²) in [6, 6.07) is 2.30. The Labute approximate surface area is 176 Å². The average Bonchev–Trinajstić information content (AvgIpc) is 2.86. The van der Waals surface area contributed by atoms with Crippen molar-refractivity contribution in [1.82, 2.24) is 14.6 Å². The molecule has 30 heavy (non-hydrogen) atoms. The molecule has 12 heteroatoms. The van der Waals surface area contributed by atoms with Crippen molar-refractivity contribution < 1.29 is 22.5 Å². The topological polar surface area (TPSA) is 122 Å². The molecule has 1 aromatic rings. The standard InChI is InChI=1S/C18H27F2N6O3S/c1-17(2,3)29-16(27)24-15(26-10-6-5-9-22-30(26)28)25-18(4,11-19)14-12(20)7-8-13(21)23-14/h7-8H,5-6,9-11H2,1-4H3,(H2,21,23)(H,24,25,27)/q-1/t18-/m1/s1. The van der Waals surface area contributed by atoms with Gasteiger partial charge in [-0.3, -0.25) is 5.32 Å². The number of nitrogens with zero attached hydrogens (tertiary/aromatic N) is 4. The van der Waals surface area contributed by atoms with Crippen LogP contribution in [0.4, 0.5) is 19.4 Å². The highest BCUT2D eigenvalue weighted by atomic mass is 32.2. The van der Waals surface area contributed by atoms with Gasteiger partial charge in [-0.2, -0.15) is 0 Å². The zero-order valence-electron chi connectivity index (χ0n) is 17.4. The van der Waals surface area contributed by atoms with Crippen molar-refractivity contribution in [3.63, 3.8) is 0 Å². The van der Waals surface area contributed by atoms with Gasteiger partial charge in [0.2, 0.25) is 0 Å². The van der Waals surface area contributed by atoms with Gasteiger partial charge < -0.3 is 23.3 Å². The summed E-state index contributed by atoms with van der Waals surface area (Å²) in [5.41, 5.74) is 2.63. The highest BCUT2D eigenvalue weighted by Crippen LogP contribution is 2.28. The number of nitrogens with one attached hydrogen (secondary N) is 1. The van der Waals surface area contributed by atoms with Crippen molar-refractivity contribution in [3.8, 4) is 0 Å². The van der Waals surface area contributed by atoms with Gasteiger partial charge in [-0.25, -0.2) is 23.6 Å². The fourth-order valence-corrected chi connectivity index (χ4v) is 3.54. The summed E-state index contributed by atoms with van der Waals surface area (Å²) in [5, 5.41) is 2.41. The van der Waals surface area contributed by atoms with Crippen molar-refractivity contribution in [1.29, 1.82) is 0 Å². The molecule has 0 unspecified atom stereocenters. The Hall–Kier alpha value is -2.50. The predicted octanol–water partition coefficient (Wildman–Crippen LogP) is 3.03. The number of hydrogen-bond acceptors (Lipinski definition) is 8. The smallest absolute Gasteiger partial charge is 0.414 e. The Morgan fingerprint density at radius 2 is 2.07 bits per heavy atom. The summed E-state index contributed by atoms with van der Waals surface area (Å²) in [6.45, 7) is 5.75. The zero-order chi connectivity index (χ0) is 22.5. The van der Waals surface area contributed by atoms with E-state index in [4.69, 9.17) is 10.5 Å². The monoisotopic (exact) mass is 445 g/mol. The third-order valence-corrected chi connectivity index (χ3v) is 5.14. The average molecular weight is 446 g/mol. The molecule has 1 aromatic heterocycles. The van der Waals surface area contributed by atoms with Crippen LogP contribution in [0.2, 0.25) is 0 Å². The molecule has 0 bridgehead atoms. The molecule has 0 aliphatic carbocycles. The molecular weight excluding hydrogens is 418 g/mol. The molecule has 9 nitrogen and oxygen atoms in total. The van der Waals surface area contributed by atoms with Gasteiger partial charge in [0.25, 0.3) is 0 Å². The molecule has 1 amide bonds. The van der Waals surface area contributed by atoms with Crippen LogP contribution in [0, 0.1) is 5.82 Å². The molecule has 0 aromatic carbocycles. The van der Waals surface area contributed by atoms with Crippen molar-refractivity contribution in [3.05, 3.63) is 23.6 Å². The number of carbonyl (C=O) groups excluding carboxylic acids is 1. The van der Waals surface area contributed by atoms with E-state index >= 15 is 0 Å². The first-order chi connectivity index (χ1) is 13.9. The van der Waals surface area contributed by atoms with E-state index in [1.165, 1.54) is 17.3 Å². The highest BCUT2D eigenvalue weighted by Gasteiger charge is 2.33. The first-order valence-corrected chi connectivity index (χ1v) is 10.5. The molecule has 0 radical (unpaired) electrons. The maximum absolute atomic E-state index is 14.4. The lowest BCUT2D eigenvalue weighted by molar-refractivity contribution is 0.0558. The number of carbonyl (C=O) groups is 1. The molecule has 1 aliphatic rings. The van der Waals surface area contributed by atoms with Crippen LogP contribution in [0.5, 0.6) is 0 Å². The number of aromatic nitrogens is 1. The predicted molar refractivity (Wildman–Crippen MR) is 110 cm³/mol. The van der Waals surface area contributed by atoms with E-state index in [1.54, 1.807) is 20.8 Å². The Kier molecular flexibility index (Phi) is 7.56. The molecular formula is C18H27F2N6O3S-. The Morgan fingerprint density at radius 3 is 2.70 bits per heavy atom. The van der Waals surface area contributed by atoms with Crippen molar-refractivity contribution in [2.45, 2.75) is 51.7 Å². The maximum Gasteiger partial charge on any atom is 0.414 e. The van der Waals surface area contributed by atoms with Gasteiger partial charge in [0, 0.05) is 13.1 Å². The number of alkyl halides is 1. The van der Waals surface area contributed by atoms with Crippen molar-refractivity contribution in [2.24, 2.45) is 9.36 Å². The molecule has 1 aliphatic heterocycles. The van der Waals surface area contributed by atoms with Crippen LogP contribution in [0.25, 0.3) is 0 Å². The number of aliphatic imine (C=N–C) groups is 1. The number of hydrogen-bond donors (Lipinski definition) is 2. The van der Waals surface area contributed by atoms with Crippen LogP contribution >= 0.6 is 0 Å². The summed E-state index contributed by atoms with van der Waals surface area (Å²) in [6.07, 6.45) is 0.416. The van der Waals surface area contributed by atoms with Crippen LogP contribution in [0.3, 0.4) is 0 Å². The number of amides is 1. The van der Waals surface area contributed by atoms with Crippen LogP contribution < -0.4 is 11.1 Å². The first kappa shape index (κ1) is 23.8. The maximum atomic E-state index is 14.4. The van der Waals surface area contributed by atoms with Crippen molar-refractivity contribution >= 4 is 28.7 Å². The molecule has 0 spiro atoms. The summed E-state index contributed by atoms with van der Waals surface area (Å²) in [7, 11) is -1.87. The molecule has 0 fully saturated rings. The van der Waals surface area contributed by atoms with Crippen LogP contribution in [0.15, 0.2) is 21.5 Å². The number of halogens is 2. The quantitative estimate of drug-likeness (QED) is 0.421. The minimum Gasteiger partial charge on any atom is -0.444 e. The van der Waals surface area contributed by atoms with E-state index in [2.05, 4.69) is 19.7 Å². The van der Waals surface area contributed by atoms with E-state index in [0.717, 1.165) is 6.07 Å². The number of alkyl carbamates (subject to hydrolysis) is 1. The van der Waals surface area contributed by atoms with E-state index < -0.39 is 40.5 Å². The number of guanidine groups is 1. The molecule has 0 saturated carbocycles. The fourth-order valence-electron chi connectivity index (χ4n) is 2.59. The Bertz CT molecular complexity index is 898. The summed E-state index contributed by atoms with van der Waals surface area (Å²) < 4.78 is 51.5. The van der Waals surface area contributed by atoms with Gasteiger partial charge >= 0.3 is 6.09 Å². The highest BCUT2D eigenvalue weighted by molar-refractivity contribution is 7.73. The number of nitrogen functional groups attached to an aromatic ring is 1. The lowest BCUT2D eigenvalue weighted by Crippen LogP contribution is -2.47. The normalized spacial score (nSPS) is 18.2. The summed E-state index contributed by atoms with van der Waals surface area (Å²) in [5.74, 6) is -1.08. The fraction of sp³-hybridized carbons (Fsp3) is 0.611. The number of nitrogens with two attached hydrogens (primary N) is 1. The van der Waals surface area contributed by atoms with Gasteiger partial charge in [0.1, 0.15) is 35.1 Å². The first-order valence-electron chi connectivity index (χ1n) is 9.40. The van der Waals surface area contributed by atoms with E-state index in [1.807, 2.05) is 0 Å². The molecule has 2 heterocycles. The van der Waals surface area contributed by atoms with Gasteiger partial charge in [-0.1, -0.05) is 10.8 Å². The second kappa shape index (κ2) is 9.54. The van der Waals surface area contributed by atoms with Crippen LogP contribution in [-0.4, -0.2) is 46.7 Å². The third-order valence-electron chi connectivity index (χ3n) is 4.00. The Morgan fingerprint density at radius 1 is 1.37 bits per heavy atom. The largest absolute Gasteiger partial charge is 0.444 e.